The van der Waals surface area contributed by atoms with E-state index in [2.05, 4.69) is 16.0 Å². The third-order valence-corrected chi connectivity index (χ3v) is 4.75. The number of amides is 1. The van der Waals surface area contributed by atoms with Gasteiger partial charge in [0, 0.05) is 30.7 Å². The molecule has 0 aliphatic carbocycles. The van der Waals surface area contributed by atoms with Crippen LogP contribution in [0.4, 0.5) is 0 Å². The second-order valence-corrected chi connectivity index (χ2v) is 6.61. The van der Waals surface area contributed by atoms with E-state index in [1.165, 1.54) is 17.8 Å². The average molecular weight is 346 g/mol. The number of hydrogen-bond acceptors (Lipinski definition) is 3. The summed E-state index contributed by atoms with van der Waals surface area (Å²) in [6, 6.07) is 5.78. The molecule has 2 aromatic rings. The maximum Gasteiger partial charge on any atom is 0.266 e. The Hall–Kier alpha value is -2.14. The fourth-order valence-corrected chi connectivity index (χ4v) is 3.41. The Kier molecular flexibility index (Phi) is 5.00. The van der Waals surface area contributed by atoms with E-state index >= 15 is 0 Å². The van der Waals surface area contributed by atoms with Gasteiger partial charge in [-0.15, -0.1) is 0 Å². The molecule has 3 rings (SSSR count). The second-order valence-electron chi connectivity index (χ2n) is 6.20. The zero-order valence-corrected chi connectivity index (χ0v) is 14.3. The first-order valence-electron chi connectivity index (χ1n) is 8.15. The number of likely N-dealkylation sites (tertiary alicyclic amines) is 1. The van der Waals surface area contributed by atoms with Gasteiger partial charge in [-0.05, 0) is 56.4 Å². The standard InChI is InChI=1S/C18H20ClN3O2/c1-12-9-13(6-7-20-12)4-5-15-3-2-8-22(15)18(24)14-10-16(19)17(23)21-11-14/h6-7,9-11,15H,2-5,8H2,1H3,(H,21,23)/t15-/m0/s1. The van der Waals surface area contributed by atoms with Crippen molar-refractivity contribution < 1.29 is 4.79 Å². The van der Waals surface area contributed by atoms with E-state index < -0.39 is 0 Å². The van der Waals surface area contributed by atoms with Gasteiger partial charge in [-0.25, -0.2) is 0 Å². The Bertz CT molecular complexity index is 803. The Morgan fingerprint density at radius 2 is 2.29 bits per heavy atom. The molecule has 24 heavy (non-hydrogen) atoms. The van der Waals surface area contributed by atoms with E-state index in [4.69, 9.17) is 11.6 Å². The number of carbonyl (C=O) groups is 1. The van der Waals surface area contributed by atoms with Crippen molar-refractivity contribution in [2.75, 3.05) is 6.54 Å². The van der Waals surface area contributed by atoms with Gasteiger partial charge in [-0.2, -0.15) is 0 Å². The number of aromatic amines is 1. The quantitative estimate of drug-likeness (QED) is 0.926. The highest BCUT2D eigenvalue weighted by molar-refractivity contribution is 6.30. The molecule has 0 spiro atoms. The van der Waals surface area contributed by atoms with Gasteiger partial charge in [0.2, 0.25) is 0 Å². The average Bonchev–Trinajstić information content (AvgIpc) is 3.03. The molecule has 1 aliphatic heterocycles. The maximum atomic E-state index is 12.7. The van der Waals surface area contributed by atoms with Crippen LogP contribution >= 0.6 is 11.6 Å². The van der Waals surface area contributed by atoms with Gasteiger partial charge in [0.05, 0.1) is 5.56 Å². The molecule has 0 saturated carbocycles. The van der Waals surface area contributed by atoms with Crippen LogP contribution in [-0.4, -0.2) is 33.4 Å². The highest BCUT2D eigenvalue weighted by atomic mass is 35.5. The Balaban J connectivity index is 1.69. The summed E-state index contributed by atoms with van der Waals surface area (Å²) in [5, 5.41) is 0.0452. The molecule has 0 bridgehead atoms. The second kappa shape index (κ2) is 7.18. The van der Waals surface area contributed by atoms with Gasteiger partial charge in [0.25, 0.3) is 11.5 Å². The van der Waals surface area contributed by atoms with Crippen LogP contribution in [0.3, 0.4) is 0 Å². The lowest BCUT2D eigenvalue weighted by Gasteiger charge is -2.25. The minimum Gasteiger partial charge on any atom is -0.336 e. The van der Waals surface area contributed by atoms with Gasteiger partial charge in [-0.1, -0.05) is 11.6 Å². The molecule has 0 aromatic carbocycles. The first kappa shape index (κ1) is 16.7. The van der Waals surface area contributed by atoms with Gasteiger partial charge in [-0.3, -0.25) is 14.6 Å². The Morgan fingerprint density at radius 1 is 1.46 bits per heavy atom. The number of halogens is 1. The van der Waals surface area contributed by atoms with Crippen molar-refractivity contribution in [3.8, 4) is 0 Å². The number of pyridine rings is 2. The predicted octanol–water partition coefficient (Wildman–Crippen LogP) is 2.97. The van der Waals surface area contributed by atoms with Crippen molar-refractivity contribution in [1.29, 1.82) is 0 Å². The van der Waals surface area contributed by atoms with Crippen LogP contribution in [-0.2, 0) is 6.42 Å². The van der Waals surface area contributed by atoms with Crippen LogP contribution < -0.4 is 5.56 Å². The largest absolute Gasteiger partial charge is 0.336 e. The molecule has 3 heterocycles. The summed E-state index contributed by atoms with van der Waals surface area (Å²) >= 11 is 5.84. The molecule has 1 fully saturated rings. The van der Waals surface area contributed by atoms with Crippen molar-refractivity contribution in [3.63, 3.8) is 0 Å². The topological polar surface area (TPSA) is 66.1 Å². The van der Waals surface area contributed by atoms with Gasteiger partial charge >= 0.3 is 0 Å². The minimum atomic E-state index is -0.376. The summed E-state index contributed by atoms with van der Waals surface area (Å²) in [5.41, 5.74) is 2.31. The fourth-order valence-electron chi connectivity index (χ4n) is 3.24. The lowest BCUT2D eigenvalue weighted by Crippen LogP contribution is -2.36. The van der Waals surface area contributed by atoms with Gasteiger partial charge in [0.1, 0.15) is 5.02 Å². The minimum absolute atomic E-state index is 0.0452. The number of nitrogens with zero attached hydrogens (tertiary/aromatic N) is 2. The third-order valence-electron chi connectivity index (χ3n) is 4.47. The molecule has 0 unspecified atom stereocenters. The number of carbonyl (C=O) groups excluding carboxylic acids is 1. The molecular weight excluding hydrogens is 326 g/mol. The zero-order chi connectivity index (χ0) is 17.1. The van der Waals surface area contributed by atoms with Crippen LogP contribution in [0.15, 0.2) is 35.4 Å². The molecule has 5 nitrogen and oxygen atoms in total. The molecule has 1 saturated heterocycles. The molecule has 0 radical (unpaired) electrons. The summed E-state index contributed by atoms with van der Waals surface area (Å²) < 4.78 is 0. The number of aromatic nitrogens is 2. The van der Waals surface area contributed by atoms with E-state index in [9.17, 15) is 9.59 Å². The van der Waals surface area contributed by atoms with Crippen molar-refractivity contribution >= 4 is 17.5 Å². The fraction of sp³-hybridized carbons (Fsp3) is 0.389. The molecule has 126 valence electrons. The SMILES string of the molecule is Cc1cc(CC[C@@H]2CCCN2C(=O)c2c[nH]c(=O)c(Cl)c2)ccn1. The monoisotopic (exact) mass is 345 g/mol. The summed E-state index contributed by atoms with van der Waals surface area (Å²) in [6.45, 7) is 2.73. The van der Waals surface area contributed by atoms with Crippen molar-refractivity contribution in [1.82, 2.24) is 14.9 Å². The van der Waals surface area contributed by atoms with Crippen LogP contribution in [0, 0.1) is 6.92 Å². The first-order chi connectivity index (χ1) is 11.5. The number of H-pyrrole nitrogens is 1. The molecular formula is C18H20ClN3O2. The van der Waals surface area contributed by atoms with Crippen molar-refractivity contribution in [3.05, 3.63) is 62.8 Å². The third kappa shape index (κ3) is 3.67. The molecule has 1 amide bonds. The van der Waals surface area contributed by atoms with Crippen LogP contribution in [0.2, 0.25) is 5.02 Å². The normalized spacial score (nSPS) is 17.2. The maximum absolute atomic E-state index is 12.7. The highest BCUT2D eigenvalue weighted by Crippen LogP contribution is 2.24. The van der Waals surface area contributed by atoms with Crippen molar-refractivity contribution in [2.24, 2.45) is 0 Å². The molecule has 1 aliphatic rings. The lowest BCUT2D eigenvalue weighted by molar-refractivity contribution is 0.0730. The van der Waals surface area contributed by atoms with E-state index in [1.54, 1.807) is 0 Å². The summed E-state index contributed by atoms with van der Waals surface area (Å²) in [4.78, 5) is 32.7. The Labute approximate surface area is 145 Å². The van der Waals surface area contributed by atoms with Crippen LogP contribution in [0.25, 0.3) is 0 Å². The molecule has 1 atom stereocenters. The lowest BCUT2D eigenvalue weighted by atomic mass is 10.0. The predicted molar refractivity (Wildman–Crippen MR) is 93.4 cm³/mol. The zero-order valence-electron chi connectivity index (χ0n) is 13.6. The van der Waals surface area contributed by atoms with E-state index in [1.807, 2.05) is 24.1 Å². The molecule has 1 N–H and O–H groups in total. The van der Waals surface area contributed by atoms with Crippen LogP contribution in [0.5, 0.6) is 0 Å². The number of rotatable bonds is 4. The molecule has 2 aromatic heterocycles. The number of nitrogens with one attached hydrogen (secondary N) is 1. The van der Waals surface area contributed by atoms with E-state index in [0.717, 1.165) is 37.9 Å². The first-order valence-corrected chi connectivity index (χ1v) is 8.53. The summed E-state index contributed by atoms with van der Waals surface area (Å²) in [5.74, 6) is -0.0680. The van der Waals surface area contributed by atoms with Crippen molar-refractivity contribution in [2.45, 2.75) is 38.6 Å². The summed E-state index contributed by atoms with van der Waals surface area (Å²) in [7, 11) is 0. The summed E-state index contributed by atoms with van der Waals surface area (Å²) in [6.07, 6.45) is 7.12. The number of aryl methyl sites for hydroxylation is 2. The molecule has 6 heteroatoms. The van der Waals surface area contributed by atoms with E-state index in [0.29, 0.717) is 5.56 Å². The smallest absolute Gasteiger partial charge is 0.266 e. The van der Waals surface area contributed by atoms with Gasteiger partial charge in [0.15, 0.2) is 0 Å². The van der Waals surface area contributed by atoms with E-state index in [-0.39, 0.29) is 22.5 Å². The highest BCUT2D eigenvalue weighted by Gasteiger charge is 2.29. The van der Waals surface area contributed by atoms with Gasteiger partial charge < -0.3 is 9.88 Å². The number of hydrogen-bond donors (Lipinski definition) is 1. The van der Waals surface area contributed by atoms with Crippen LogP contribution in [0.1, 0.15) is 40.9 Å². The Morgan fingerprint density at radius 3 is 3.04 bits per heavy atom.